The average molecular weight is 333 g/mol. The number of aromatic nitrogens is 2. The number of hydrogen-bond acceptors (Lipinski definition) is 1. The third-order valence-electron chi connectivity index (χ3n) is 2.27. The zero-order chi connectivity index (χ0) is 11.0. The summed E-state index contributed by atoms with van der Waals surface area (Å²) >= 11 is 8.16. The van der Waals surface area contributed by atoms with Gasteiger partial charge in [-0.2, -0.15) is 5.10 Å². The van der Waals surface area contributed by atoms with E-state index in [0.29, 0.717) is 0 Å². The highest BCUT2D eigenvalue weighted by Gasteiger charge is 2.09. The lowest BCUT2D eigenvalue weighted by Gasteiger charge is -2.03. The van der Waals surface area contributed by atoms with Crippen molar-refractivity contribution in [3.63, 3.8) is 0 Å². The molecule has 1 aromatic carbocycles. The summed E-state index contributed by atoms with van der Waals surface area (Å²) in [5, 5.41) is 5.22. The Morgan fingerprint density at radius 3 is 2.27 bits per heavy atom. The summed E-state index contributed by atoms with van der Waals surface area (Å²) in [4.78, 5) is 0. The number of halogens is 2. The lowest BCUT2D eigenvalue weighted by Crippen LogP contribution is -1.98. The fraction of sp³-hybridized carbons (Fsp3) is 0.182. The second-order valence-corrected chi connectivity index (χ2v) is 4.89. The van der Waals surface area contributed by atoms with Crippen LogP contribution in [-0.4, -0.2) is 9.78 Å². The molecule has 0 saturated carbocycles. The monoisotopic (exact) mass is 332 g/mol. The zero-order valence-corrected chi connectivity index (χ0v) is 11.4. The van der Waals surface area contributed by atoms with Crippen LogP contribution in [0.15, 0.2) is 24.3 Å². The molecule has 0 aliphatic carbocycles. The molecule has 0 amide bonds. The Balaban J connectivity index is 2.54. The third-order valence-corrected chi connectivity index (χ3v) is 4.09. The average Bonchev–Trinajstić information content (AvgIpc) is 2.47. The zero-order valence-electron chi connectivity index (χ0n) is 8.46. The van der Waals surface area contributed by atoms with Crippen molar-refractivity contribution in [3.8, 4) is 5.69 Å². The molecule has 15 heavy (non-hydrogen) atoms. The second kappa shape index (κ2) is 4.14. The SMILES string of the molecule is Cc1nn(-c2ccc(Cl)cc2)c(C)c1I. The van der Waals surface area contributed by atoms with E-state index in [0.717, 1.165) is 22.1 Å². The molecule has 0 spiro atoms. The first-order chi connectivity index (χ1) is 7.09. The van der Waals surface area contributed by atoms with Crippen molar-refractivity contribution in [1.29, 1.82) is 0 Å². The number of hydrogen-bond donors (Lipinski definition) is 0. The highest BCUT2D eigenvalue weighted by molar-refractivity contribution is 14.1. The largest absolute Gasteiger partial charge is 0.237 e. The van der Waals surface area contributed by atoms with Gasteiger partial charge in [0, 0.05) is 5.02 Å². The molecule has 0 radical (unpaired) electrons. The van der Waals surface area contributed by atoms with Crippen molar-refractivity contribution < 1.29 is 0 Å². The van der Waals surface area contributed by atoms with Crippen LogP contribution >= 0.6 is 34.2 Å². The smallest absolute Gasteiger partial charge is 0.0734 e. The van der Waals surface area contributed by atoms with Crippen molar-refractivity contribution in [2.24, 2.45) is 0 Å². The van der Waals surface area contributed by atoms with Gasteiger partial charge in [-0.3, -0.25) is 0 Å². The minimum Gasteiger partial charge on any atom is -0.237 e. The van der Waals surface area contributed by atoms with Crippen LogP contribution in [0.4, 0.5) is 0 Å². The van der Waals surface area contributed by atoms with Crippen LogP contribution in [0.25, 0.3) is 5.69 Å². The Hall–Kier alpha value is -0.550. The maximum Gasteiger partial charge on any atom is 0.0734 e. The molecular weight excluding hydrogens is 322 g/mol. The van der Waals surface area contributed by atoms with E-state index in [-0.39, 0.29) is 0 Å². The molecule has 0 unspecified atom stereocenters. The van der Waals surface area contributed by atoms with Gasteiger partial charge in [-0.25, -0.2) is 4.68 Å². The van der Waals surface area contributed by atoms with Crippen molar-refractivity contribution >= 4 is 34.2 Å². The molecule has 0 saturated heterocycles. The Morgan fingerprint density at radius 2 is 1.80 bits per heavy atom. The van der Waals surface area contributed by atoms with Gasteiger partial charge in [0.15, 0.2) is 0 Å². The van der Waals surface area contributed by atoms with Crippen molar-refractivity contribution in [2.45, 2.75) is 13.8 Å². The predicted octanol–water partition coefficient (Wildman–Crippen LogP) is 3.75. The first kappa shape index (κ1) is 11.0. The standard InChI is InChI=1S/C11H10ClIN2/c1-7-11(13)8(2)15(14-7)10-5-3-9(12)4-6-10/h3-6H,1-2H3. The van der Waals surface area contributed by atoms with Crippen LogP contribution in [0.2, 0.25) is 5.02 Å². The van der Waals surface area contributed by atoms with Gasteiger partial charge in [-0.15, -0.1) is 0 Å². The summed E-state index contributed by atoms with van der Waals surface area (Å²) in [5.74, 6) is 0. The van der Waals surface area contributed by atoms with E-state index in [1.165, 1.54) is 3.57 Å². The molecule has 2 aromatic rings. The lowest BCUT2D eigenvalue weighted by atomic mass is 10.3. The molecule has 0 atom stereocenters. The molecule has 0 aliphatic heterocycles. The van der Waals surface area contributed by atoms with Crippen molar-refractivity contribution in [2.75, 3.05) is 0 Å². The molecule has 1 heterocycles. The van der Waals surface area contributed by atoms with Gasteiger partial charge in [0.1, 0.15) is 0 Å². The third kappa shape index (κ3) is 2.03. The summed E-state index contributed by atoms with van der Waals surface area (Å²) in [6, 6.07) is 7.69. The normalized spacial score (nSPS) is 10.7. The first-order valence-corrected chi connectivity index (χ1v) is 6.03. The van der Waals surface area contributed by atoms with Crippen LogP contribution in [-0.2, 0) is 0 Å². The van der Waals surface area contributed by atoms with E-state index < -0.39 is 0 Å². The van der Waals surface area contributed by atoms with Crippen LogP contribution in [0, 0.1) is 17.4 Å². The van der Waals surface area contributed by atoms with Gasteiger partial charge in [0.25, 0.3) is 0 Å². The van der Waals surface area contributed by atoms with E-state index in [1.807, 2.05) is 35.9 Å². The van der Waals surface area contributed by atoms with Gasteiger partial charge in [-0.1, -0.05) is 11.6 Å². The summed E-state index contributed by atoms with van der Waals surface area (Å²) in [5.41, 5.74) is 3.27. The Labute approximate surface area is 107 Å². The van der Waals surface area contributed by atoms with E-state index >= 15 is 0 Å². The summed E-state index contributed by atoms with van der Waals surface area (Å²) < 4.78 is 3.15. The minimum absolute atomic E-state index is 0.745. The molecule has 0 bridgehead atoms. The molecular formula is C11H10ClIN2. The number of nitrogens with zero attached hydrogens (tertiary/aromatic N) is 2. The Bertz CT molecular complexity index is 488. The topological polar surface area (TPSA) is 17.8 Å². The summed E-state index contributed by atoms with van der Waals surface area (Å²) in [6.07, 6.45) is 0. The molecule has 2 rings (SSSR count). The first-order valence-electron chi connectivity index (χ1n) is 4.57. The predicted molar refractivity (Wildman–Crippen MR) is 70.8 cm³/mol. The summed E-state index contributed by atoms with van der Waals surface area (Å²) in [6.45, 7) is 4.08. The molecule has 2 nitrogen and oxygen atoms in total. The van der Waals surface area contributed by atoms with Crippen LogP contribution in [0.5, 0.6) is 0 Å². The Kier molecular flexibility index (Phi) is 3.02. The van der Waals surface area contributed by atoms with E-state index in [2.05, 4.69) is 34.6 Å². The highest BCUT2D eigenvalue weighted by Crippen LogP contribution is 2.20. The molecule has 0 aliphatic rings. The molecule has 0 N–H and O–H groups in total. The van der Waals surface area contributed by atoms with Gasteiger partial charge < -0.3 is 0 Å². The van der Waals surface area contributed by atoms with Crippen LogP contribution in [0.1, 0.15) is 11.4 Å². The van der Waals surface area contributed by atoms with E-state index in [4.69, 9.17) is 11.6 Å². The quantitative estimate of drug-likeness (QED) is 0.727. The van der Waals surface area contributed by atoms with Crippen LogP contribution in [0.3, 0.4) is 0 Å². The minimum atomic E-state index is 0.745. The van der Waals surface area contributed by atoms with Crippen molar-refractivity contribution in [1.82, 2.24) is 9.78 Å². The van der Waals surface area contributed by atoms with Gasteiger partial charge in [-0.05, 0) is 60.7 Å². The van der Waals surface area contributed by atoms with E-state index in [9.17, 15) is 0 Å². The molecule has 0 fully saturated rings. The fourth-order valence-corrected chi connectivity index (χ4v) is 1.92. The van der Waals surface area contributed by atoms with Gasteiger partial charge >= 0.3 is 0 Å². The van der Waals surface area contributed by atoms with E-state index in [1.54, 1.807) is 0 Å². The number of aryl methyl sites for hydroxylation is 1. The van der Waals surface area contributed by atoms with Crippen LogP contribution < -0.4 is 0 Å². The molecule has 1 aromatic heterocycles. The summed E-state index contributed by atoms with van der Waals surface area (Å²) in [7, 11) is 0. The Morgan fingerprint density at radius 1 is 1.20 bits per heavy atom. The lowest BCUT2D eigenvalue weighted by molar-refractivity contribution is 0.833. The van der Waals surface area contributed by atoms with Gasteiger partial charge in [0.05, 0.1) is 20.6 Å². The molecule has 78 valence electrons. The highest BCUT2D eigenvalue weighted by atomic mass is 127. The fourth-order valence-electron chi connectivity index (χ4n) is 1.46. The maximum atomic E-state index is 5.84. The van der Waals surface area contributed by atoms with Crippen molar-refractivity contribution in [3.05, 3.63) is 44.2 Å². The molecule has 4 heteroatoms. The maximum absolute atomic E-state index is 5.84. The number of benzene rings is 1. The second-order valence-electron chi connectivity index (χ2n) is 3.37. The van der Waals surface area contributed by atoms with Gasteiger partial charge in [0.2, 0.25) is 0 Å². The number of rotatable bonds is 1.